The van der Waals surface area contributed by atoms with Crippen molar-refractivity contribution >= 4 is 35.0 Å². The number of hydrogen-bond acceptors (Lipinski definition) is 9. The third kappa shape index (κ3) is 7.24. The topological polar surface area (TPSA) is 106 Å². The summed E-state index contributed by atoms with van der Waals surface area (Å²) in [5, 5.41) is 15.4. The molecule has 0 saturated heterocycles. The van der Waals surface area contributed by atoms with E-state index >= 15 is 0 Å². The lowest BCUT2D eigenvalue weighted by molar-refractivity contribution is -0.163. The number of aromatic nitrogens is 3. The molecule has 1 aromatic carbocycles. The minimum atomic E-state index is -1.03. The second kappa shape index (κ2) is 11.7. The summed E-state index contributed by atoms with van der Waals surface area (Å²) >= 11 is 1.49. The Morgan fingerprint density at radius 1 is 1.24 bits per heavy atom. The monoisotopic (exact) mass is 536 g/mol. The van der Waals surface area contributed by atoms with Crippen LogP contribution in [0.2, 0.25) is 0 Å². The minimum absolute atomic E-state index is 0.181. The van der Waals surface area contributed by atoms with E-state index in [-0.39, 0.29) is 11.9 Å². The van der Waals surface area contributed by atoms with E-state index in [0.29, 0.717) is 43.2 Å². The van der Waals surface area contributed by atoms with Crippen molar-refractivity contribution in [2.75, 3.05) is 19.0 Å². The first kappa shape index (κ1) is 27.9. The van der Waals surface area contributed by atoms with E-state index < -0.39 is 11.2 Å². The smallest absolute Gasteiger partial charge is 0.309 e. The third-order valence-electron chi connectivity index (χ3n) is 6.30. The van der Waals surface area contributed by atoms with Crippen LogP contribution in [0.4, 0.5) is 11.6 Å². The number of aliphatic hydroxyl groups is 1. The number of thiazole rings is 1. The first-order valence-electron chi connectivity index (χ1n) is 12.8. The van der Waals surface area contributed by atoms with Crippen LogP contribution in [0.15, 0.2) is 42.7 Å². The molecule has 1 fully saturated rings. The van der Waals surface area contributed by atoms with Crippen molar-refractivity contribution in [3.05, 3.63) is 59.0 Å². The van der Waals surface area contributed by atoms with Gasteiger partial charge in [0.2, 0.25) is 5.95 Å². The molecular formula is C29H36N4O4S. The molecule has 0 radical (unpaired) electrons. The van der Waals surface area contributed by atoms with Gasteiger partial charge in [-0.2, -0.15) is 0 Å². The van der Waals surface area contributed by atoms with Gasteiger partial charge in [-0.3, -0.25) is 4.79 Å². The van der Waals surface area contributed by atoms with Gasteiger partial charge in [-0.1, -0.05) is 12.1 Å². The SMILES string of the molecule is COC/C=C/c1ccnc(Nc2cc(C)cc(-c3cnc(C4(O)CCC(C(=O)OC(C)(C)C)CC4)s3)c2)n1. The average molecular weight is 537 g/mol. The molecule has 0 aliphatic heterocycles. The van der Waals surface area contributed by atoms with Gasteiger partial charge in [-0.25, -0.2) is 15.0 Å². The van der Waals surface area contributed by atoms with Crippen molar-refractivity contribution in [1.29, 1.82) is 0 Å². The zero-order valence-corrected chi connectivity index (χ0v) is 23.5. The maximum atomic E-state index is 12.5. The summed E-state index contributed by atoms with van der Waals surface area (Å²) < 4.78 is 10.6. The van der Waals surface area contributed by atoms with Crippen molar-refractivity contribution in [3.8, 4) is 10.4 Å². The lowest BCUT2D eigenvalue weighted by atomic mass is 9.79. The fourth-order valence-electron chi connectivity index (χ4n) is 4.47. The molecule has 1 saturated carbocycles. The van der Waals surface area contributed by atoms with E-state index in [1.165, 1.54) is 11.3 Å². The molecule has 2 heterocycles. The van der Waals surface area contributed by atoms with E-state index in [1.54, 1.807) is 13.3 Å². The van der Waals surface area contributed by atoms with Crippen LogP contribution >= 0.6 is 11.3 Å². The summed E-state index contributed by atoms with van der Waals surface area (Å²) in [6, 6.07) is 8.00. The van der Waals surface area contributed by atoms with Gasteiger partial charge in [-0.05, 0) is 88.8 Å². The van der Waals surface area contributed by atoms with Gasteiger partial charge in [-0.15, -0.1) is 11.3 Å². The number of nitrogens with zero attached hydrogens (tertiary/aromatic N) is 3. The number of rotatable bonds is 8. The standard InChI is InChI=1S/C29H36N4O4S/c1-19-15-21(17-23(16-19)33-27-30-13-10-22(32-27)7-6-14-36-5)24-18-31-26(38-24)29(35)11-8-20(9-12-29)25(34)37-28(2,3)4/h6-7,10,13,15-18,20,35H,8-9,11-12,14H2,1-5H3,(H,30,32,33)/b7-6+. The van der Waals surface area contributed by atoms with Crippen LogP contribution < -0.4 is 5.32 Å². The van der Waals surface area contributed by atoms with Crippen LogP contribution in [-0.2, 0) is 19.9 Å². The Hall–Kier alpha value is -3.14. The Balaban J connectivity index is 1.46. The van der Waals surface area contributed by atoms with Crippen molar-refractivity contribution in [2.24, 2.45) is 5.92 Å². The summed E-state index contributed by atoms with van der Waals surface area (Å²) in [5.41, 5.74) is 2.19. The number of anilines is 2. The fourth-order valence-corrected chi connectivity index (χ4v) is 5.52. The van der Waals surface area contributed by atoms with Crippen LogP contribution in [0, 0.1) is 12.8 Å². The molecule has 0 unspecified atom stereocenters. The van der Waals surface area contributed by atoms with Gasteiger partial charge in [0.25, 0.3) is 0 Å². The Morgan fingerprint density at radius 3 is 2.71 bits per heavy atom. The number of nitrogens with one attached hydrogen (secondary N) is 1. The number of aryl methyl sites for hydroxylation is 1. The number of benzene rings is 1. The van der Waals surface area contributed by atoms with Crippen molar-refractivity contribution in [2.45, 2.75) is 64.6 Å². The molecular weight excluding hydrogens is 500 g/mol. The van der Waals surface area contributed by atoms with Crippen molar-refractivity contribution < 1.29 is 19.4 Å². The molecule has 0 bridgehead atoms. The molecule has 1 aliphatic carbocycles. The highest BCUT2D eigenvalue weighted by atomic mass is 32.1. The zero-order chi connectivity index (χ0) is 27.3. The molecule has 2 N–H and O–H groups in total. The number of hydrogen-bond donors (Lipinski definition) is 2. The Morgan fingerprint density at radius 2 is 2.00 bits per heavy atom. The number of methoxy groups -OCH3 is 1. The van der Waals surface area contributed by atoms with Crippen molar-refractivity contribution in [3.63, 3.8) is 0 Å². The first-order chi connectivity index (χ1) is 18.0. The van der Waals surface area contributed by atoms with Crippen LogP contribution in [0.25, 0.3) is 16.5 Å². The predicted octanol–water partition coefficient (Wildman–Crippen LogP) is 6.03. The quantitative estimate of drug-likeness (QED) is 0.336. The van der Waals surface area contributed by atoms with Gasteiger partial charge in [0, 0.05) is 25.2 Å². The molecule has 0 amide bonds. The number of carbonyl (C=O) groups is 1. The molecule has 4 rings (SSSR count). The first-order valence-corrected chi connectivity index (χ1v) is 13.7. The summed E-state index contributed by atoms with van der Waals surface area (Å²) in [6.07, 6.45) is 9.45. The minimum Gasteiger partial charge on any atom is -0.460 e. The Bertz CT molecular complexity index is 1290. The summed E-state index contributed by atoms with van der Waals surface area (Å²) in [7, 11) is 1.65. The predicted molar refractivity (Wildman–Crippen MR) is 150 cm³/mol. The van der Waals surface area contributed by atoms with Gasteiger partial charge >= 0.3 is 5.97 Å². The summed E-state index contributed by atoms with van der Waals surface area (Å²) in [6.45, 7) is 8.18. The number of ether oxygens (including phenoxy) is 2. The molecule has 202 valence electrons. The second-order valence-electron chi connectivity index (χ2n) is 10.7. The van der Waals surface area contributed by atoms with Gasteiger partial charge in [0.1, 0.15) is 16.2 Å². The molecule has 3 aromatic rings. The molecule has 2 aromatic heterocycles. The Labute approximate surface area is 228 Å². The Kier molecular flexibility index (Phi) is 8.60. The van der Waals surface area contributed by atoms with Crippen LogP contribution in [-0.4, -0.2) is 45.3 Å². The lowest BCUT2D eigenvalue weighted by Crippen LogP contribution is -2.36. The number of esters is 1. The van der Waals surface area contributed by atoms with Crippen molar-refractivity contribution in [1.82, 2.24) is 15.0 Å². The van der Waals surface area contributed by atoms with Gasteiger partial charge < -0.3 is 19.9 Å². The van der Waals surface area contributed by atoms with E-state index in [0.717, 1.165) is 27.4 Å². The lowest BCUT2D eigenvalue weighted by Gasteiger charge is -2.34. The van der Waals surface area contributed by atoms with E-state index in [2.05, 4.69) is 26.3 Å². The summed E-state index contributed by atoms with van der Waals surface area (Å²) in [5.74, 6) is 0.136. The van der Waals surface area contributed by atoms with Crippen LogP contribution in [0.5, 0.6) is 0 Å². The van der Waals surface area contributed by atoms with E-state index in [1.807, 2.05) is 64.2 Å². The maximum Gasteiger partial charge on any atom is 0.309 e. The van der Waals surface area contributed by atoms with Gasteiger partial charge in [0.15, 0.2) is 0 Å². The normalized spacial score (nSPS) is 20.0. The maximum absolute atomic E-state index is 12.5. The third-order valence-corrected chi connectivity index (χ3v) is 7.54. The highest BCUT2D eigenvalue weighted by Gasteiger charge is 2.40. The molecule has 0 spiro atoms. The van der Waals surface area contributed by atoms with Crippen LogP contribution in [0.3, 0.4) is 0 Å². The van der Waals surface area contributed by atoms with E-state index in [9.17, 15) is 9.90 Å². The highest BCUT2D eigenvalue weighted by molar-refractivity contribution is 7.15. The average Bonchev–Trinajstić information content (AvgIpc) is 3.35. The van der Waals surface area contributed by atoms with E-state index in [4.69, 9.17) is 9.47 Å². The van der Waals surface area contributed by atoms with Crippen LogP contribution in [0.1, 0.15) is 62.7 Å². The zero-order valence-electron chi connectivity index (χ0n) is 22.7. The largest absolute Gasteiger partial charge is 0.460 e. The molecule has 0 atom stereocenters. The summed E-state index contributed by atoms with van der Waals surface area (Å²) in [4.78, 5) is 26.9. The fraction of sp³-hybridized carbons (Fsp3) is 0.448. The number of carbonyl (C=O) groups excluding carboxylic acids is 1. The second-order valence-corrected chi connectivity index (χ2v) is 11.8. The van der Waals surface area contributed by atoms with Gasteiger partial charge in [0.05, 0.1) is 23.1 Å². The molecule has 1 aliphatic rings. The molecule has 38 heavy (non-hydrogen) atoms. The highest BCUT2D eigenvalue weighted by Crippen LogP contribution is 2.43. The molecule has 9 heteroatoms. The molecule has 8 nitrogen and oxygen atoms in total.